The van der Waals surface area contributed by atoms with E-state index in [4.69, 9.17) is 23.7 Å². The summed E-state index contributed by atoms with van der Waals surface area (Å²) in [6.45, 7) is 1.85. The predicted molar refractivity (Wildman–Crippen MR) is 149 cm³/mol. The summed E-state index contributed by atoms with van der Waals surface area (Å²) in [4.78, 5) is 0. The summed E-state index contributed by atoms with van der Waals surface area (Å²) in [5.41, 5.74) is 4.42. The van der Waals surface area contributed by atoms with Crippen LogP contribution in [0.1, 0.15) is 22.3 Å². The van der Waals surface area contributed by atoms with Crippen molar-refractivity contribution in [2.45, 2.75) is 63.1 Å². The first-order valence-corrected chi connectivity index (χ1v) is 13.6. The second kappa shape index (κ2) is 12.7. The average molecular weight is 523 g/mol. The molecule has 5 nitrogen and oxygen atoms in total. The molecule has 0 radical (unpaired) electrons. The summed E-state index contributed by atoms with van der Waals surface area (Å²) >= 11 is 0. The molecule has 0 aromatic heterocycles. The van der Waals surface area contributed by atoms with Crippen LogP contribution < -0.4 is 0 Å². The van der Waals surface area contributed by atoms with Crippen molar-refractivity contribution in [1.82, 2.24) is 0 Å². The third kappa shape index (κ3) is 6.64. The maximum Gasteiger partial charge on any atom is 0.116 e. The third-order valence-electron chi connectivity index (χ3n) is 7.32. The Kier molecular flexibility index (Phi) is 8.44. The van der Waals surface area contributed by atoms with Gasteiger partial charge in [0.1, 0.15) is 36.6 Å². The Labute approximate surface area is 230 Å². The number of ether oxygens (including phenoxy) is 5. The Morgan fingerprint density at radius 2 is 0.615 bits per heavy atom. The fourth-order valence-corrected chi connectivity index (χ4v) is 5.24. The summed E-state index contributed by atoms with van der Waals surface area (Å²) < 4.78 is 32.6. The SMILES string of the molecule is c1ccc(CO[C@H]2[C@H](OCc3ccccc3)[C@@H](OCc3ccccc3)[C@@H]3O[C@@H]3[C@@H]2OCc2ccccc2)cc1. The van der Waals surface area contributed by atoms with E-state index in [1.807, 2.05) is 72.8 Å². The largest absolute Gasteiger partial charge is 0.368 e. The molecule has 1 saturated heterocycles. The molecule has 6 atom stereocenters. The van der Waals surface area contributed by atoms with E-state index < -0.39 is 0 Å². The maximum absolute atomic E-state index is 6.64. The van der Waals surface area contributed by atoms with Crippen LogP contribution in [0.25, 0.3) is 0 Å². The van der Waals surface area contributed by atoms with Gasteiger partial charge in [-0.2, -0.15) is 0 Å². The molecular formula is C34H34O5. The number of rotatable bonds is 12. The Hall–Kier alpha value is -3.32. The normalized spacial score (nSPS) is 25.6. The zero-order valence-corrected chi connectivity index (χ0v) is 21.9. The van der Waals surface area contributed by atoms with Gasteiger partial charge in [0.2, 0.25) is 0 Å². The fraction of sp³-hybridized carbons (Fsp3) is 0.294. The van der Waals surface area contributed by atoms with Crippen molar-refractivity contribution >= 4 is 0 Å². The molecule has 0 N–H and O–H groups in total. The van der Waals surface area contributed by atoms with E-state index in [1.165, 1.54) is 0 Å². The number of benzene rings is 4. The molecule has 2 fully saturated rings. The maximum atomic E-state index is 6.64. The van der Waals surface area contributed by atoms with Crippen LogP contribution in [0.2, 0.25) is 0 Å². The van der Waals surface area contributed by atoms with Gasteiger partial charge >= 0.3 is 0 Å². The highest BCUT2D eigenvalue weighted by Gasteiger charge is 2.63. The van der Waals surface area contributed by atoms with Gasteiger partial charge in [0.25, 0.3) is 0 Å². The Morgan fingerprint density at radius 3 is 0.897 bits per heavy atom. The molecule has 4 aromatic carbocycles. The lowest BCUT2D eigenvalue weighted by molar-refractivity contribution is -0.203. The summed E-state index contributed by atoms with van der Waals surface area (Å²) in [7, 11) is 0. The predicted octanol–water partition coefficient (Wildman–Crippen LogP) is 6.11. The lowest BCUT2D eigenvalue weighted by Gasteiger charge is -2.40. The molecule has 2 aliphatic rings. The minimum atomic E-state index is -0.373. The molecule has 1 saturated carbocycles. The van der Waals surface area contributed by atoms with E-state index in [1.54, 1.807) is 0 Å². The quantitative estimate of drug-likeness (QED) is 0.210. The van der Waals surface area contributed by atoms with E-state index in [2.05, 4.69) is 48.5 Å². The van der Waals surface area contributed by atoms with Crippen LogP contribution in [0.5, 0.6) is 0 Å². The molecule has 200 valence electrons. The van der Waals surface area contributed by atoms with Crippen LogP contribution in [-0.2, 0) is 50.1 Å². The number of hydrogen-bond acceptors (Lipinski definition) is 5. The van der Waals surface area contributed by atoms with Gasteiger partial charge in [0.15, 0.2) is 0 Å². The molecule has 0 unspecified atom stereocenters. The van der Waals surface area contributed by atoms with Crippen LogP contribution >= 0.6 is 0 Å². The smallest absolute Gasteiger partial charge is 0.116 e. The zero-order valence-electron chi connectivity index (χ0n) is 21.9. The van der Waals surface area contributed by atoms with Gasteiger partial charge in [-0.1, -0.05) is 121 Å². The van der Waals surface area contributed by atoms with Crippen molar-refractivity contribution in [1.29, 1.82) is 0 Å². The zero-order chi connectivity index (χ0) is 26.3. The second-order valence-electron chi connectivity index (χ2n) is 10.1. The number of fused-ring (bicyclic) bond motifs is 1. The van der Waals surface area contributed by atoms with Crippen molar-refractivity contribution in [3.8, 4) is 0 Å². The summed E-state index contributed by atoms with van der Waals surface area (Å²) in [5.74, 6) is 0. The van der Waals surface area contributed by atoms with E-state index in [9.17, 15) is 0 Å². The molecule has 1 aliphatic heterocycles. The molecule has 5 heteroatoms. The fourth-order valence-electron chi connectivity index (χ4n) is 5.24. The van der Waals surface area contributed by atoms with Crippen LogP contribution in [0.3, 0.4) is 0 Å². The van der Waals surface area contributed by atoms with Gasteiger partial charge < -0.3 is 23.7 Å². The van der Waals surface area contributed by atoms with Gasteiger partial charge in [0.05, 0.1) is 26.4 Å². The minimum absolute atomic E-state index is 0.105. The van der Waals surface area contributed by atoms with Crippen molar-refractivity contribution in [2.24, 2.45) is 0 Å². The first kappa shape index (κ1) is 25.9. The highest BCUT2D eigenvalue weighted by molar-refractivity contribution is 5.18. The molecular weight excluding hydrogens is 488 g/mol. The third-order valence-corrected chi connectivity index (χ3v) is 7.32. The monoisotopic (exact) mass is 522 g/mol. The first-order chi connectivity index (χ1) is 19.3. The van der Waals surface area contributed by atoms with Gasteiger partial charge in [-0.25, -0.2) is 0 Å². The van der Waals surface area contributed by atoms with Gasteiger partial charge in [0, 0.05) is 0 Å². The van der Waals surface area contributed by atoms with Crippen LogP contribution in [-0.4, -0.2) is 36.6 Å². The molecule has 0 bridgehead atoms. The number of hydrogen-bond donors (Lipinski definition) is 0. The van der Waals surface area contributed by atoms with Gasteiger partial charge in [-0.05, 0) is 22.3 Å². The Morgan fingerprint density at radius 1 is 0.359 bits per heavy atom. The topological polar surface area (TPSA) is 49.5 Å². The molecule has 39 heavy (non-hydrogen) atoms. The van der Waals surface area contributed by atoms with E-state index >= 15 is 0 Å². The van der Waals surface area contributed by atoms with Crippen LogP contribution in [0.4, 0.5) is 0 Å². The number of epoxide rings is 1. The van der Waals surface area contributed by atoms with E-state index in [0.29, 0.717) is 26.4 Å². The lowest BCUT2D eigenvalue weighted by atomic mass is 9.88. The lowest BCUT2D eigenvalue weighted by Crippen LogP contribution is -2.57. The summed E-state index contributed by atoms with van der Waals surface area (Å²) in [6.07, 6.45) is -1.52. The van der Waals surface area contributed by atoms with E-state index in [0.717, 1.165) is 22.3 Å². The molecule has 0 amide bonds. The molecule has 4 aromatic rings. The first-order valence-electron chi connectivity index (χ1n) is 13.6. The summed E-state index contributed by atoms with van der Waals surface area (Å²) in [5, 5.41) is 0. The van der Waals surface area contributed by atoms with Gasteiger partial charge in [-0.3, -0.25) is 0 Å². The van der Waals surface area contributed by atoms with Crippen molar-refractivity contribution in [3.63, 3.8) is 0 Å². The van der Waals surface area contributed by atoms with Crippen LogP contribution in [0, 0.1) is 0 Å². The average Bonchev–Trinajstić information content (AvgIpc) is 3.80. The van der Waals surface area contributed by atoms with Crippen LogP contribution in [0.15, 0.2) is 121 Å². The Bertz CT molecular complexity index is 1170. The standard InChI is InChI=1S/C34H34O5/c1-5-13-25(14-6-1)21-35-29-30(36-22-26-15-7-2-8-16-26)32(38-24-28-19-11-4-12-20-28)34-33(39-34)31(29)37-23-27-17-9-3-10-18-27/h1-20,29-34H,21-24H2/t29-,30-,31+,32+,33-,34+/m0/s1. The van der Waals surface area contributed by atoms with Crippen molar-refractivity contribution in [3.05, 3.63) is 144 Å². The Balaban J connectivity index is 1.25. The second-order valence-corrected chi connectivity index (χ2v) is 10.1. The summed E-state index contributed by atoms with van der Waals surface area (Å²) in [6, 6.07) is 40.8. The molecule has 6 rings (SSSR count). The van der Waals surface area contributed by atoms with Crippen molar-refractivity contribution < 1.29 is 23.7 Å². The molecule has 1 heterocycles. The highest BCUT2D eigenvalue weighted by Crippen LogP contribution is 2.43. The molecule has 0 spiro atoms. The molecule has 1 aliphatic carbocycles. The van der Waals surface area contributed by atoms with E-state index in [-0.39, 0.29) is 36.6 Å². The van der Waals surface area contributed by atoms with Gasteiger partial charge in [-0.15, -0.1) is 0 Å². The van der Waals surface area contributed by atoms with Crippen molar-refractivity contribution in [2.75, 3.05) is 0 Å². The minimum Gasteiger partial charge on any atom is -0.368 e. The highest BCUT2D eigenvalue weighted by atomic mass is 16.7.